The van der Waals surface area contributed by atoms with E-state index in [0.29, 0.717) is 18.1 Å². The van der Waals surface area contributed by atoms with Crippen molar-refractivity contribution in [3.05, 3.63) is 30.3 Å². The van der Waals surface area contributed by atoms with Crippen LogP contribution in [0.3, 0.4) is 0 Å². The van der Waals surface area contributed by atoms with Crippen LogP contribution in [0, 0.1) is 5.92 Å². The minimum Gasteiger partial charge on any atom is -0.484 e. The maximum atomic E-state index is 12.6. The topological polar surface area (TPSA) is 55.8 Å². The summed E-state index contributed by atoms with van der Waals surface area (Å²) in [5.41, 5.74) is 0. The Bertz CT molecular complexity index is 535. The van der Waals surface area contributed by atoms with E-state index in [9.17, 15) is 9.59 Å². The minimum absolute atomic E-state index is 0.0312. The van der Waals surface area contributed by atoms with E-state index in [4.69, 9.17) is 9.47 Å². The Morgan fingerprint density at radius 1 is 1.30 bits per heavy atom. The van der Waals surface area contributed by atoms with Gasteiger partial charge < -0.3 is 14.4 Å². The number of benzene rings is 1. The van der Waals surface area contributed by atoms with E-state index in [0.717, 1.165) is 0 Å². The summed E-state index contributed by atoms with van der Waals surface area (Å²) in [6, 6.07) is 8.66. The SMILES string of the molecule is CCOC(=O)C1CSC(C(C)C)N1C(=O)COc1ccccc1. The molecule has 0 radical (unpaired) electrons. The van der Waals surface area contributed by atoms with Gasteiger partial charge >= 0.3 is 5.97 Å². The first kappa shape index (κ1) is 17.7. The van der Waals surface area contributed by atoms with Crippen LogP contribution in [0.25, 0.3) is 0 Å². The Morgan fingerprint density at radius 2 is 2.00 bits per heavy atom. The van der Waals surface area contributed by atoms with Crippen molar-refractivity contribution < 1.29 is 19.1 Å². The van der Waals surface area contributed by atoms with Gasteiger partial charge in [0.1, 0.15) is 11.8 Å². The zero-order chi connectivity index (χ0) is 16.8. The van der Waals surface area contributed by atoms with Crippen molar-refractivity contribution in [2.45, 2.75) is 32.2 Å². The molecule has 0 spiro atoms. The Morgan fingerprint density at radius 3 is 2.61 bits per heavy atom. The van der Waals surface area contributed by atoms with Gasteiger partial charge in [-0.3, -0.25) is 4.79 Å². The normalized spacial score (nSPS) is 20.6. The number of esters is 1. The second kappa shape index (κ2) is 8.24. The quantitative estimate of drug-likeness (QED) is 0.747. The molecule has 0 aliphatic carbocycles. The van der Waals surface area contributed by atoms with Crippen LogP contribution in [0.1, 0.15) is 20.8 Å². The summed E-state index contributed by atoms with van der Waals surface area (Å²) in [5, 5.41) is -0.0312. The molecule has 1 heterocycles. The number of carbonyl (C=O) groups is 2. The number of carbonyl (C=O) groups excluding carboxylic acids is 2. The summed E-state index contributed by atoms with van der Waals surface area (Å²) in [6.45, 7) is 6.09. The molecular weight excluding hydrogens is 314 g/mol. The van der Waals surface area contributed by atoms with Crippen LogP contribution in [0.5, 0.6) is 5.75 Å². The summed E-state index contributed by atoms with van der Waals surface area (Å²) in [6.07, 6.45) is 0. The molecule has 0 N–H and O–H groups in total. The highest BCUT2D eigenvalue weighted by Crippen LogP contribution is 2.34. The summed E-state index contributed by atoms with van der Waals surface area (Å²) in [5.74, 6) is 0.937. The molecule has 126 valence electrons. The molecule has 23 heavy (non-hydrogen) atoms. The molecule has 2 rings (SSSR count). The summed E-state index contributed by atoms with van der Waals surface area (Å²) in [4.78, 5) is 26.4. The molecular formula is C17H23NO4S. The number of thioether (sulfide) groups is 1. The number of nitrogens with zero attached hydrogens (tertiary/aromatic N) is 1. The fourth-order valence-corrected chi connectivity index (χ4v) is 4.00. The van der Waals surface area contributed by atoms with Gasteiger partial charge in [-0.05, 0) is 25.0 Å². The van der Waals surface area contributed by atoms with E-state index in [1.165, 1.54) is 0 Å². The third kappa shape index (κ3) is 4.41. The molecule has 1 saturated heterocycles. The van der Waals surface area contributed by atoms with Crippen LogP contribution in [0.2, 0.25) is 0 Å². The molecule has 0 saturated carbocycles. The van der Waals surface area contributed by atoms with Gasteiger partial charge in [0.15, 0.2) is 6.61 Å². The first-order valence-corrected chi connectivity index (χ1v) is 8.86. The number of ether oxygens (including phenoxy) is 2. The molecule has 1 aromatic rings. The van der Waals surface area contributed by atoms with Crippen LogP contribution >= 0.6 is 11.8 Å². The Kier molecular flexibility index (Phi) is 6.33. The predicted octanol–water partition coefficient (Wildman–Crippen LogP) is 2.55. The average Bonchev–Trinajstić information content (AvgIpc) is 2.99. The van der Waals surface area contributed by atoms with Gasteiger partial charge in [-0.2, -0.15) is 0 Å². The molecule has 0 bridgehead atoms. The lowest BCUT2D eigenvalue weighted by Crippen LogP contribution is -2.49. The number of hydrogen-bond donors (Lipinski definition) is 0. The van der Waals surface area contributed by atoms with Gasteiger partial charge in [0, 0.05) is 5.75 Å². The Hall–Kier alpha value is -1.69. The second-order valence-electron chi connectivity index (χ2n) is 5.64. The molecule has 2 unspecified atom stereocenters. The van der Waals surface area contributed by atoms with Gasteiger partial charge in [-0.15, -0.1) is 11.8 Å². The first-order valence-electron chi connectivity index (χ1n) is 7.81. The highest BCUT2D eigenvalue weighted by molar-refractivity contribution is 8.00. The molecule has 1 aliphatic heterocycles. The third-order valence-electron chi connectivity index (χ3n) is 3.56. The predicted molar refractivity (Wildman–Crippen MR) is 90.3 cm³/mol. The number of para-hydroxylation sites is 1. The van der Waals surface area contributed by atoms with Crippen molar-refractivity contribution in [1.29, 1.82) is 0 Å². The van der Waals surface area contributed by atoms with Crippen molar-refractivity contribution >= 4 is 23.6 Å². The minimum atomic E-state index is -0.528. The third-order valence-corrected chi connectivity index (χ3v) is 5.18. The van der Waals surface area contributed by atoms with Gasteiger partial charge in [-0.1, -0.05) is 32.0 Å². The fraction of sp³-hybridized carbons (Fsp3) is 0.529. The van der Waals surface area contributed by atoms with Crippen LogP contribution in [-0.4, -0.2) is 47.2 Å². The van der Waals surface area contributed by atoms with Gasteiger partial charge in [0.25, 0.3) is 5.91 Å². The number of amides is 1. The highest BCUT2D eigenvalue weighted by Gasteiger charge is 2.43. The van der Waals surface area contributed by atoms with E-state index in [1.807, 2.05) is 32.0 Å². The van der Waals surface area contributed by atoms with Crippen LogP contribution in [-0.2, 0) is 14.3 Å². The zero-order valence-corrected chi connectivity index (χ0v) is 14.5. The molecule has 1 fully saturated rings. The van der Waals surface area contributed by atoms with Gasteiger partial charge in [0.05, 0.1) is 12.0 Å². The van der Waals surface area contributed by atoms with Crippen molar-refractivity contribution in [3.63, 3.8) is 0 Å². The Labute approximate surface area is 141 Å². The van der Waals surface area contributed by atoms with E-state index < -0.39 is 6.04 Å². The molecule has 2 atom stereocenters. The highest BCUT2D eigenvalue weighted by atomic mass is 32.2. The standard InChI is InChI=1S/C17H23NO4S/c1-4-21-17(20)14-11-23-16(12(2)3)18(14)15(19)10-22-13-8-6-5-7-9-13/h5-9,12,14,16H,4,10-11H2,1-3H3. The molecule has 6 heteroatoms. The lowest BCUT2D eigenvalue weighted by atomic mass is 10.1. The van der Waals surface area contributed by atoms with Gasteiger partial charge in [-0.25, -0.2) is 4.79 Å². The van der Waals surface area contributed by atoms with Crippen LogP contribution in [0.4, 0.5) is 0 Å². The number of rotatable bonds is 6. The van der Waals surface area contributed by atoms with E-state index in [1.54, 1.807) is 35.7 Å². The lowest BCUT2D eigenvalue weighted by molar-refractivity contribution is -0.154. The van der Waals surface area contributed by atoms with E-state index >= 15 is 0 Å². The number of hydrogen-bond acceptors (Lipinski definition) is 5. The Balaban J connectivity index is 2.06. The molecule has 1 aliphatic rings. The second-order valence-corrected chi connectivity index (χ2v) is 6.79. The maximum Gasteiger partial charge on any atom is 0.329 e. The van der Waals surface area contributed by atoms with Gasteiger partial charge in [0.2, 0.25) is 0 Å². The molecule has 0 aromatic heterocycles. The monoisotopic (exact) mass is 337 g/mol. The van der Waals surface area contributed by atoms with Crippen molar-refractivity contribution in [2.75, 3.05) is 19.0 Å². The first-order chi connectivity index (χ1) is 11.0. The van der Waals surface area contributed by atoms with Crippen molar-refractivity contribution in [3.8, 4) is 5.75 Å². The van der Waals surface area contributed by atoms with Crippen molar-refractivity contribution in [1.82, 2.24) is 4.90 Å². The fourth-order valence-electron chi connectivity index (χ4n) is 2.51. The summed E-state index contributed by atoms with van der Waals surface area (Å²) in [7, 11) is 0. The molecule has 1 amide bonds. The lowest BCUT2D eigenvalue weighted by Gasteiger charge is -2.30. The van der Waals surface area contributed by atoms with Crippen LogP contribution in [0.15, 0.2) is 30.3 Å². The largest absolute Gasteiger partial charge is 0.484 e. The summed E-state index contributed by atoms with van der Waals surface area (Å²) < 4.78 is 10.7. The maximum absolute atomic E-state index is 12.6. The molecule has 1 aromatic carbocycles. The van der Waals surface area contributed by atoms with Crippen molar-refractivity contribution in [2.24, 2.45) is 5.92 Å². The van der Waals surface area contributed by atoms with E-state index in [-0.39, 0.29) is 29.8 Å². The van der Waals surface area contributed by atoms with Crippen LogP contribution < -0.4 is 4.74 Å². The smallest absolute Gasteiger partial charge is 0.329 e. The molecule has 5 nitrogen and oxygen atoms in total. The average molecular weight is 337 g/mol. The zero-order valence-electron chi connectivity index (χ0n) is 13.7. The summed E-state index contributed by atoms with van der Waals surface area (Å²) >= 11 is 1.62. The van der Waals surface area contributed by atoms with E-state index in [2.05, 4.69) is 0 Å².